The van der Waals surface area contributed by atoms with Crippen molar-refractivity contribution in [1.82, 2.24) is 0 Å². The molecule has 1 heterocycles. The number of benzene rings is 1. The minimum atomic E-state index is 0.137. The summed E-state index contributed by atoms with van der Waals surface area (Å²) in [4.78, 5) is 15.9. The van der Waals surface area contributed by atoms with Gasteiger partial charge in [-0.05, 0) is 18.4 Å². The Morgan fingerprint density at radius 3 is 2.75 bits per heavy atom. The van der Waals surface area contributed by atoms with Crippen LogP contribution in [0.25, 0.3) is 0 Å². The van der Waals surface area contributed by atoms with E-state index in [1.54, 1.807) is 29.6 Å². The van der Waals surface area contributed by atoms with E-state index in [2.05, 4.69) is 4.99 Å². The van der Waals surface area contributed by atoms with Crippen molar-refractivity contribution >= 4 is 40.0 Å². The molecule has 0 bridgehead atoms. The maximum atomic E-state index is 11.4. The van der Waals surface area contributed by atoms with Gasteiger partial charge in [0.05, 0.1) is 17.2 Å². The van der Waals surface area contributed by atoms with Crippen molar-refractivity contribution in [3.63, 3.8) is 0 Å². The molecule has 0 fully saturated rings. The molecule has 0 spiro atoms. The average molecular weight is 249 g/mol. The molecular formula is C12H11NOS2. The van der Waals surface area contributed by atoms with Gasteiger partial charge in [-0.15, -0.1) is 11.8 Å². The first-order chi connectivity index (χ1) is 7.78. The number of aliphatic imine (C=N–C) groups is 1. The molecule has 0 saturated carbocycles. The molecule has 0 N–H and O–H groups in total. The van der Waals surface area contributed by atoms with Crippen molar-refractivity contribution in [2.45, 2.75) is 6.42 Å². The minimum absolute atomic E-state index is 0.137. The lowest BCUT2D eigenvalue weighted by molar-refractivity contribution is -0.113. The van der Waals surface area contributed by atoms with E-state index in [4.69, 9.17) is 0 Å². The molecule has 16 heavy (non-hydrogen) atoms. The van der Waals surface area contributed by atoms with Gasteiger partial charge in [0.25, 0.3) is 0 Å². The summed E-state index contributed by atoms with van der Waals surface area (Å²) in [5.41, 5.74) is 0.903. The average Bonchev–Trinajstić information content (AvgIpc) is 2.29. The molecule has 0 aromatic heterocycles. The van der Waals surface area contributed by atoms with Crippen LogP contribution in [0.3, 0.4) is 0 Å². The molecule has 0 aliphatic carbocycles. The molecule has 0 atom stereocenters. The quantitative estimate of drug-likeness (QED) is 0.801. The molecule has 1 aromatic rings. The van der Waals surface area contributed by atoms with Gasteiger partial charge in [0.1, 0.15) is 0 Å². The van der Waals surface area contributed by atoms with Gasteiger partial charge in [0.15, 0.2) is 5.78 Å². The fourth-order valence-corrected chi connectivity index (χ4v) is 2.98. The van der Waals surface area contributed by atoms with Crippen LogP contribution in [-0.4, -0.2) is 17.1 Å². The second-order valence-electron chi connectivity index (χ2n) is 3.25. The summed E-state index contributed by atoms with van der Waals surface area (Å²) in [5, 5.41) is 0.878. The predicted molar refractivity (Wildman–Crippen MR) is 72.4 cm³/mol. The number of allylic oxidation sites excluding steroid dienone is 1. The van der Waals surface area contributed by atoms with E-state index >= 15 is 0 Å². The fraction of sp³-hybridized carbons (Fsp3) is 0.167. The zero-order valence-corrected chi connectivity index (χ0v) is 10.5. The van der Waals surface area contributed by atoms with Crippen LogP contribution in [0.2, 0.25) is 0 Å². The molecule has 2 nitrogen and oxygen atoms in total. The number of ketones is 1. The minimum Gasteiger partial charge on any atom is -0.294 e. The van der Waals surface area contributed by atoms with Gasteiger partial charge in [0.2, 0.25) is 0 Å². The number of nitrogens with zero attached hydrogens (tertiary/aromatic N) is 1. The van der Waals surface area contributed by atoms with Gasteiger partial charge >= 0.3 is 0 Å². The van der Waals surface area contributed by atoms with Crippen molar-refractivity contribution in [2.75, 3.05) is 6.26 Å². The molecule has 0 amide bonds. The molecule has 1 aromatic carbocycles. The molecule has 82 valence electrons. The summed E-state index contributed by atoms with van der Waals surface area (Å²) in [6.45, 7) is 0. The normalized spacial score (nSPS) is 18.7. The third-order valence-electron chi connectivity index (χ3n) is 2.03. The van der Waals surface area contributed by atoms with Gasteiger partial charge in [-0.3, -0.25) is 4.79 Å². The Bertz CT molecular complexity index is 451. The number of rotatable bonds is 2. The lowest BCUT2D eigenvalue weighted by Gasteiger charge is -2.11. The number of carbonyl (C=O) groups is 1. The van der Waals surface area contributed by atoms with Crippen LogP contribution >= 0.6 is 23.5 Å². The molecule has 4 heteroatoms. The second kappa shape index (κ2) is 5.37. The van der Waals surface area contributed by atoms with Crippen molar-refractivity contribution in [3.05, 3.63) is 40.6 Å². The Morgan fingerprint density at radius 1 is 1.31 bits per heavy atom. The monoisotopic (exact) mass is 249 g/mol. The van der Waals surface area contributed by atoms with E-state index in [1.807, 2.05) is 36.6 Å². The summed E-state index contributed by atoms with van der Waals surface area (Å²) in [5.74, 6) is 0.137. The third-order valence-corrected chi connectivity index (χ3v) is 4.09. The first-order valence-electron chi connectivity index (χ1n) is 4.87. The molecule has 0 unspecified atom stereocenters. The number of carbonyl (C=O) groups excluding carboxylic acids is 1. The number of hydrogen-bond acceptors (Lipinski definition) is 4. The van der Waals surface area contributed by atoms with Crippen LogP contribution in [0.4, 0.5) is 5.69 Å². The highest BCUT2D eigenvalue weighted by molar-refractivity contribution is 8.29. The Kier molecular flexibility index (Phi) is 3.85. The standard InChI is InChI=1S/C12H11NOS2/c1-15-12-8-10(14)7-11(16-12)13-9-5-3-2-4-6-9/h2-6,8H,7H2,1H3. The number of hydrogen-bond donors (Lipinski definition) is 0. The summed E-state index contributed by atoms with van der Waals surface area (Å²) in [7, 11) is 0. The summed E-state index contributed by atoms with van der Waals surface area (Å²) in [6, 6.07) is 9.72. The first kappa shape index (κ1) is 11.5. The zero-order chi connectivity index (χ0) is 11.4. The lowest BCUT2D eigenvalue weighted by atomic mass is 10.3. The van der Waals surface area contributed by atoms with Gasteiger partial charge in [-0.2, -0.15) is 0 Å². The van der Waals surface area contributed by atoms with E-state index in [1.165, 1.54) is 0 Å². The van der Waals surface area contributed by atoms with Crippen LogP contribution < -0.4 is 0 Å². The highest BCUT2D eigenvalue weighted by atomic mass is 32.2. The smallest absolute Gasteiger partial charge is 0.163 e. The summed E-state index contributed by atoms with van der Waals surface area (Å²) < 4.78 is 1.02. The Morgan fingerprint density at radius 2 is 2.06 bits per heavy atom. The molecular weight excluding hydrogens is 238 g/mol. The molecule has 0 radical (unpaired) electrons. The Labute approximate surface area is 103 Å². The van der Waals surface area contributed by atoms with Gasteiger partial charge in [0, 0.05) is 10.3 Å². The topological polar surface area (TPSA) is 29.4 Å². The maximum absolute atomic E-state index is 11.4. The van der Waals surface area contributed by atoms with Crippen LogP contribution in [0.5, 0.6) is 0 Å². The zero-order valence-electron chi connectivity index (χ0n) is 8.84. The number of para-hydroxylation sites is 1. The van der Waals surface area contributed by atoms with Crippen LogP contribution in [0, 0.1) is 0 Å². The van der Waals surface area contributed by atoms with Crippen LogP contribution in [0.1, 0.15) is 6.42 Å². The van der Waals surface area contributed by atoms with Crippen molar-refractivity contribution in [3.8, 4) is 0 Å². The largest absolute Gasteiger partial charge is 0.294 e. The van der Waals surface area contributed by atoms with Crippen molar-refractivity contribution in [2.24, 2.45) is 4.99 Å². The highest BCUT2D eigenvalue weighted by Crippen LogP contribution is 2.33. The molecule has 0 saturated heterocycles. The van der Waals surface area contributed by atoms with Crippen molar-refractivity contribution < 1.29 is 4.79 Å². The Hall–Kier alpha value is -1.00. The third kappa shape index (κ3) is 3.00. The van der Waals surface area contributed by atoms with E-state index in [-0.39, 0.29) is 5.78 Å². The van der Waals surface area contributed by atoms with Crippen molar-refractivity contribution in [1.29, 1.82) is 0 Å². The Balaban J connectivity index is 2.21. The predicted octanol–water partition coefficient (Wildman–Crippen LogP) is 3.63. The highest BCUT2D eigenvalue weighted by Gasteiger charge is 2.16. The van der Waals surface area contributed by atoms with E-state index in [0.717, 1.165) is 15.0 Å². The molecule has 2 rings (SSSR count). The fourth-order valence-electron chi connectivity index (χ4n) is 1.32. The van der Waals surface area contributed by atoms with Crippen LogP contribution in [-0.2, 0) is 4.79 Å². The van der Waals surface area contributed by atoms with Gasteiger partial charge < -0.3 is 0 Å². The molecule has 1 aliphatic heterocycles. The van der Waals surface area contributed by atoms with E-state index in [9.17, 15) is 4.79 Å². The van der Waals surface area contributed by atoms with E-state index < -0.39 is 0 Å². The van der Waals surface area contributed by atoms with E-state index in [0.29, 0.717) is 6.42 Å². The SMILES string of the molecule is CSC1=CC(=O)CC(=Nc2ccccc2)S1. The second-order valence-corrected chi connectivity index (χ2v) is 5.48. The lowest BCUT2D eigenvalue weighted by Crippen LogP contribution is -2.07. The maximum Gasteiger partial charge on any atom is 0.163 e. The first-order valence-corrected chi connectivity index (χ1v) is 6.91. The molecule has 1 aliphatic rings. The van der Waals surface area contributed by atoms with Gasteiger partial charge in [-0.1, -0.05) is 30.0 Å². The summed E-state index contributed by atoms with van der Waals surface area (Å²) in [6.07, 6.45) is 4.08. The number of thioether (sulfide) groups is 2. The van der Waals surface area contributed by atoms with Gasteiger partial charge in [-0.25, -0.2) is 4.99 Å². The summed E-state index contributed by atoms with van der Waals surface area (Å²) >= 11 is 3.17. The van der Waals surface area contributed by atoms with Crippen LogP contribution in [0.15, 0.2) is 45.6 Å².